The quantitative estimate of drug-likeness (QED) is 0.943. The molecule has 1 aromatic carbocycles. The number of aromatic nitrogens is 1. The fraction of sp³-hybridized carbons (Fsp3) is 0.389. The number of hydrogen-bond acceptors (Lipinski definition) is 4. The van der Waals surface area contributed by atoms with Crippen molar-refractivity contribution < 1.29 is 0 Å². The normalized spacial score (nSPS) is 19.4. The van der Waals surface area contributed by atoms with Crippen LogP contribution in [-0.2, 0) is 6.54 Å². The molecular formula is C18H23N5. The number of H-pyrrole nitrogens is 1. The first-order valence-corrected chi connectivity index (χ1v) is 8.25. The summed E-state index contributed by atoms with van der Waals surface area (Å²) in [4.78, 5) is 15.0. The highest BCUT2D eigenvalue weighted by molar-refractivity contribution is 5.80. The number of rotatable bonds is 3. The summed E-state index contributed by atoms with van der Waals surface area (Å²) in [5, 5.41) is 1.30. The molecule has 0 bridgehead atoms. The van der Waals surface area contributed by atoms with Gasteiger partial charge in [0.05, 0.1) is 0 Å². The lowest BCUT2D eigenvalue weighted by Gasteiger charge is -2.40. The Morgan fingerprint density at radius 3 is 2.74 bits per heavy atom. The van der Waals surface area contributed by atoms with Crippen LogP contribution < -0.4 is 0 Å². The second kappa shape index (κ2) is 6.08. The summed E-state index contributed by atoms with van der Waals surface area (Å²) in [7, 11) is 2.11. The molecule has 3 heterocycles. The Morgan fingerprint density at radius 2 is 1.96 bits per heavy atom. The van der Waals surface area contributed by atoms with Crippen molar-refractivity contribution in [3.8, 4) is 0 Å². The number of hydrogen-bond donors (Lipinski definition) is 1. The molecule has 1 saturated heterocycles. The number of aliphatic imine (C=N–C) groups is 1. The van der Waals surface area contributed by atoms with E-state index in [1.807, 2.05) is 6.21 Å². The highest BCUT2D eigenvalue weighted by atomic mass is 15.4. The number of allylic oxidation sites excluding steroid dienone is 1. The Kier molecular flexibility index (Phi) is 3.79. The van der Waals surface area contributed by atoms with Gasteiger partial charge in [-0.1, -0.05) is 18.2 Å². The van der Waals surface area contributed by atoms with Crippen LogP contribution in [0.5, 0.6) is 0 Å². The van der Waals surface area contributed by atoms with E-state index in [-0.39, 0.29) is 0 Å². The second-order valence-corrected chi connectivity index (χ2v) is 6.34. The highest BCUT2D eigenvalue weighted by Crippen LogP contribution is 2.18. The third-order valence-electron chi connectivity index (χ3n) is 4.69. The molecule has 0 amide bonds. The number of fused-ring (bicyclic) bond motifs is 1. The van der Waals surface area contributed by atoms with Gasteiger partial charge in [0.2, 0.25) is 0 Å². The number of para-hydroxylation sites is 1. The maximum absolute atomic E-state index is 4.28. The van der Waals surface area contributed by atoms with Crippen molar-refractivity contribution in [1.29, 1.82) is 0 Å². The molecule has 0 atom stereocenters. The van der Waals surface area contributed by atoms with E-state index in [0.717, 1.165) is 39.4 Å². The van der Waals surface area contributed by atoms with Crippen molar-refractivity contribution in [2.45, 2.75) is 6.54 Å². The van der Waals surface area contributed by atoms with Crippen molar-refractivity contribution >= 4 is 17.1 Å². The van der Waals surface area contributed by atoms with Crippen molar-refractivity contribution in [3.05, 3.63) is 47.9 Å². The predicted molar refractivity (Wildman–Crippen MR) is 94.4 cm³/mol. The van der Waals surface area contributed by atoms with Gasteiger partial charge in [-0.25, -0.2) is 0 Å². The van der Waals surface area contributed by atoms with Crippen molar-refractivity contribution in [2.75, 3.05) is 39.9 Å². The van der Waals surface area contributed by atoms with Crippen molar-refractivity contribution in [2.24, 2.45) is 4.99 Å². The molecule has 0 saturated carbocycles. The topological polar surface area (TPSA) is 37.9 Å². The molecule has 120 valence electrons. The number of benzene rings is 1. The molecule has 5 nitrogen and oxygen atoms in total. The average molecular weight is 309 g/mol. The van der Waals surface area contributed by atoms with Gasteiger partial charge in [-0.05, 0) is 23.6 Å². The summed E-state index contributed by atoms with van der Waals surface area (Å²) in [6, 6.07) is 10.8. The maximum Gasteiger partial charge on any atom is 0.111 e. The van der Waals surface area contributed by atoms with Gasteiger partial charge in [0.15, 0.2) is 0 Å². The Hall–Kier alpha value is -2.27. The van der Waals surface area contributed by atoms with Gasteiger partial charge in [-0.15, -0.1) is 0 Å². The summed E-state index contributed by atoms with van der Waals surface area (Å²) in [5.74, 6) is 1.30. The van der Waals surface area contributed by atoms with Crippen molar-refractivity contribution in [3.63, 3.8) is 0 Å². The van der Waals surface area contributed by atoms with Crippen molar-refractivity contribution in [1.82, 2.24) is 19.7 Å². The minimum atomic E-state index is 0.765. The molecule has 5 heteroatoms. The van der Waals surface area contributed by atoms with Gasteiger partial charge in [0.1, 0.15) is 12.5 Å². The SMILES string of the molecule is CN1CN=CC=C1N1CCN(Cc2cc3ccccc3[nH]2)CC1. The highest BCUT2D eigenvalue weighted by Gasteiger charge is 2.21. The average Bonchev–Trinajstić information content (AvgIpc) is 2.98. The lowest BCUT2D eigenvalue weighted by atomic mass is 10.2. The fourth-order valence-electron chi connectivity index (χ4n) is 3.43. The molecule has 0 unspecified atom stereocenters. The summed E-state index contributed by atoms with van der Waals surface area (Å²) >= 11 is 0. The zero-order chi connectivity index (χ0) is 15.6. The van der Waals surface area contributed by atoms with Crippen LogP contribution in [-0.4, -0.2) is 65.8 Å². The fourth-order valence-corrected chi connectivity index (χ4v) is 3.43. The van der Waals surface area contributed by atoms with Crippen LogP contribution in [0.4, 0.5) is 0 Å². The first-order valence-electron chi connectivity index (χ1n) is 8.25. The van der Waals surface area contributed by atoms with E-state index in [4.69, 9.17) is 0 Å². The first kappa shape index (κ1) is 14.3. The number of aromatic amines is 1. The maximum atomic E-state index is 4.28. The number of piperazine rings is 1. The van der Waals surface area contributed by atoms with Gasteiger partial charge in [0.25, 0.3) is 0 Å². The van der Waals surface area contributed by atoms with Crippen LogP contribution in [0.2, 0.25) is 0 Å². The Labute approximate surface area is 136 Å². The van der Waals surface area contributed by atoms with Crippen LogP contribution in [0, 0.1) is 0 Å². The molecule has 1 aromatic heterocycles. The Bertz CT molecular complexity index is 704. The standard InChI is InChI=1S/C18H23N5/c1-21-14-19-7-6-18(21)23-10-8-22(9-11-23)13-16-12-15-4-2-3-5-17(15)20-16/h2-7,12,20H,8-11,13-14H2,1H3. The lowest BCUT2D eigenvalue weighted by molar-refractivity contribution is 0.124. The third kappa shape index (κ3) is 2.97. The Morgan fingerprint density at radius 1 is 1.13 bits per heavy atom. The monoisotopic (exact) mass is 309 g/mol. The Balaban J connectivity index is 1.38. The van der Waals surface area contributed by atoms with Crippen LogP contribution in [0.3, 0.4) is 0 Å². The van der Waals surface area contributed by atoms with Gasteiger partial charge >= 0.3 is 0 Å². The summed E-state index contributed by atoms with van der Waals surface area (Å²) in [6.07, 6.45) is 4.04. The van der Waals surface area contributed by atoms with Crippen LogP contribution in [0.25, 0.3) is 10.9 Å². The zero-order valence-corrected chi connectivity index (χ0v) is 13.6. The molecular weight excluding hydrogens is 286 g/mol. The van der Waals surface area contributed by atoms with E-state index in [2.05, 4.69) is 68.1 Å². The molecule has 0 aliphatic carbocycles. The summed E-state index contributed by atoms with van der Waals surface area (Å²) in [5.41, 5.74) is 2.54. The lowest BCUT2D eigenvalue weighted by Crippen LogP contribution is -2.48. The van der Waals surface area contributed by atoms with Gasteiger partial charge < -0.3 is 14.8 Å². The number of nitrogens with zero attached hydrogens (tertiary/aromatic N) is 4. The smallest absolute Gasteiger partial charge is 0.111 e. The number of nitrogens with one attached hydrogen (secondary N) is 1. The van der Waals surface area contributed by atoms with Crippen LogP contribution in [0.1, 0.15) is 5.69 Å². The van der Waals surface area contributed by atoms with E-state index >= 15 is 0 Å². The first-order chi connectivity index (χ1) is 11.3. The van der Waals surface area contributed by atoms with E-state index in [1.165, 1.54) is 22.4 Å². The third-order valence-corrected chi connectivity index (χ3v) is 4.69. The molecule has 0 radical (unpaired) electrons. The molecule has 4 rings (SSSR count). The second-order valence-electron chi connectivity index (χ2n) is 6.34. The predicted octanol–water partition coefficient (Wildman–Crippen LogP) is 2.10. The molecule has 1 fully saturated rings. The zero-order valence-electron chi connectivity index (χ0n) is 13.6. The van der Waals surface area contributed by atoms with Crippen LogP contribution >= 0.6 is 0 Å². The summed E-state index contributed by atoms with van der Waals surface area (Å²) in [6.45, 7) is 6.10. The molecule has 2 aliphatic rings. The molecule has 23 heavy (non-hydrogen) atoms. The minimum Gasteiger partial charge on any atom is -0.357 e. The van der Waals surface area contributed by atoms with Gasteiger partial charge in [-0.2, -0.15) is 0 Å². The summed E-state index contributed by atoms with van der Waals surface area (Å²) < 4.78 is 0. The largest absolute Gasteiger partial charge is 0.357 e. The molecule has 2 aliphatic heterocycles. The van der Waals surface area contributed by atoms with E-state index in [9.17, 15) is 0 Å². The molecule has 2 aromatic rings. The van der Waals surface area contributed by atoms with E-state index in [0.29, 0.717) is 0 Å². The van der Waals surface area contributed by atoms with Crippen LogP contribution in [0.15, 0.2) is 47.2 Å². The minimum absolute atomic E-state index is 0.765. The van der Waals surface area contributed by atoms with E-state index < -0.39 is 0 Å². The van der Waals surface area contributed by atoms with E-state index in [1.54, 1.807) is 0 Å². The van der Waals surface area contributed by atoms with Gasteiger partial charge in [-0.3, -0.25) is 9.89 Å². The van der Waals surface area contributed by atoms with Gasteiger partial charge in [0, 0.05) is 57.2 Å². The molecule has 0 spiro atoms. The molecule has 1 N–H and O–H groups in total.